The Balaban J connectivity index is 1.97. The molecule has 1 aromatic carbocycles. The van der Waals surface area contributed by atoms with E-state index < -0.39 is 0 Å². The van der Waals surface area contributed by atoms with Gasteiger partial charge < -0.3 is 11.1 Å². The van der Waals surface area contributed by atoms with E-state index in [1.165, 1.54) is 0 Å². The van der Waals surface area contributed by atoms with Gasteiger partial charge in [0.05, 0.1) is 28.7 Å². The number of carbonyl (C=O) groups is 1. The summed E-state index contributed by atoms with van der Waals surface area (Å²) in [5.74, 6) is -0.243. The molecule has 0 atom stereocenters. The minimum Gasteiger partial charge on any atom is -0.397 e. The molecule has 3 aromatic rings. The van der Waals surface area contributed by atoms with Crippen LogP contribution in [0.15, 0.2) is 47.2 Å². The molecular formula is C15H13BrN4O. The topological polar surface area (TPSA) is 72.4 Å². The fourth-order valence-electron chi connectivity index (χ4n) is 2.19. The number of rotatable bonds is 2. The fourth-order valence-corrected chi connectivity index (χ4v) is 2.88. The first-order valence-corrected chi connectivity index (χ1v) is 7.15. The van der Waals surface area contributed by atoms with Gasteiger partial charge in [0.1, 0.15) is 0 Å². The number of nitrogens with one attached hydrogen (secondary N) is 1. The van der Waals surface area contributed by atoms with Crippen LogP contribution in [-0.2, 0) is 0 Å². The van der Waals surface area contributed by atoms with Crippen molar-refractivity contribution in [3.8, 4) is 0 Å². The van der Waals surface area contributed by atoms with Gasteiger partial charge in [-0.2, -0.15) is 5.10 Å². The number of fused-ring (bicyclic) bond motifs is 1. The number of hydrogen-bond donors (Lipinski definition) is 2. The third-order valence-corrected chi connectivity index (χ3v) is 3.80. The summed E-state index contributed by atoms with van der Waals surface area (Å²) in [6.45, 7) is 1.94. The van der Waals surface area contributed by atoms with Crippen LogP contribution >= 0.6 is 15.9 Å². The van der Waals surface area contributed by atoms with Crippen molar-refractivity contribution >= 4 is 38.7 Å². The van der Waals surface area contributed by atoms with Gasteiger partial charge in [0.2, 0.25) is 0 Å². The van der Waals surface area contributed by atoms with Gasteiger partial charge in [-0.1, -0.05) is 6.07 Å². The van der Waals surface area contributed by atoms with Crippen molar-refractivity contribution < 1.29 is 4.79 Å². The van der Waals surface area contributed by atoms with Crippen molar-refractivity contribution in [2.24, 2.45) is 0 Å². The second kappa shape index (κ2) is 5.21. The Bertz CT molecular complexity index is 818. The number of amides is 1. The molecule has 2 aromatic heterocycles. The quantitative estimate of drug-likeness (QED) is 0.701. The molecule has 21 heavy (non-hydrogen) atoms. The average molecular weight is 345 g/mol. The summed E-state index contributed by atoms with van der Waals surface area (Å²) in [4.78, 5) is 12.4. The van der Waals surface area contributed by atoms with Crippen molar-refractivity contribution in [1.29, 1.82) is 0 Å². The summed E-state index contributed by atoms with van der Waals surface area (Å²) in [5, 5.41) is 6.99. The standard InChI is InChI=1S/C15H13BrN4O/c1-9-6-11(16)14(12(17)7-9)19-15(21)10-8-18-20-5-3-2-4-13(10)20/h2-8H,17H2,1H3,(H,19,21). The highest BCUT2D eigenvalue weighted by Gasteiger charge is 2.15. The lowest BCUT2D eigenvalue weighted by atomic mass is 10.2. The van der Waals surface area contributed by atoms with Crippen molar-refractivity contribution in [3.63, 3.8) is 0 Å². The normalized spacial score (nSPS) is 10.8. The van der Waals surface area contributed by atoms with Gasteiger partial charge in [-0.05, 0) is 52.7 Å². The second-order valence-electron chi connectivity index (χ2n) is 4.75. The van der Waals surface area contributed by atoms with Crippen LogP contribution in [0.5, 0.6) is 0 Å². The van der Waals surface area contributed by atoms with Crippen LogP contribution in [0.3, 0.4) is 0 Å². The second-order valence-corrected chi connectivity index (χ2v) is 5.61. The van der Waals surface area contributed by atoms with Crippen LogP contribution in [0, 0.1) is 6.92 Å². The summed E-state index contributed by atoms with van der Waals surface area (Å²) in [6.07, 6.45) is 3.34. The smallest absolute Gasteiger partial charge is 0.259 e. The minimum atomic E-state index is -0.243. The summed E-state index contributed by atoms with van der Waals surface area (Å²) in [5.41, 5.74) is 9.33. The molecule has 0 aliphatic heterocycles. The fraction of sp³-hybridized carbons (Fsp3) is 0.0667. The molecule has 0 radical (unpaired) electrons. The molecule has 1 amide bonds. The Morgan fingerprint density at radius 2 is 2.19 bits per heavy atom. The summed E-state index contributed by atoms with van der Waals surface area (Å²) >= 11 is 3.42. The van der Waals surface area contributed by atoms with Crippen molar-refractivity contribution in [1.82, 2.24) is 9.61 Å². The average Bonchev–Trinajstić information content (AvgIpc) is 2.86. The number of nitrogens with two attached hydrogens (primary N) is 1. The molecule has 2 heterocycles. The number of hydrogen-bond acceptors (Lipinski definition) is 3. The maximum absolute atomic E-state index is 12.4. The first-order chi connectivity index (χ1) is 10.1. The third kappa shape index (κ3) is 2.50. The van der Waals surface area contributed by atoms with E-state index in [1.54, 1.807) is 16.9 Å². The molecule has 0 aliphatic rings. The zero-order valence-corrected chi connectivity index (χ0v) is 12.9. The van der Waals surface area contributed by atoms with Gasteiger partial charge in [0.25, 0.3) is 5.91 Å². The largest absolute Gasteiger partial charge is 0.397 e. The Hall–Kier alpha value is -2.34. The maximum Gasteiger partial charge on any atom is 0.259 e. The number of halogens is 1. The van der Waals surface area contributed by atoms with Crippen LogP contribution < -0.4 is 11.1 Å². The molecular weight excluding hydrogens is 332 g/mol. The number of nitrogens with zero attached hydrogens (tertiary/aromatic N) is 2. The number of anilines is 2. The van der Waals surface area contributed by atoms with E-state index in [0.29, 0.717) is 16.9 Å². The van der Waals surface area contributed by atoms with E-state index in [1.807, 2.05) is 37.3 Å². The molecule has 0 spiro atoms. The Morgan fingerprint density at radius 3 is 2.95 bits per heavy atom. The van der Waals surface area contributed by atoms with Crippen LogP contribution in [0.4, 0.5) is 11.4 Å². The van der Waals surface area contributed by atoms with Gasteiger partial charge in [0, 0.05) is 10.7 Å². The van der Waals surface area contributed by atoms with Crippen molar-refractivity contribution in [2.75, 3.05) is 11.1 Å². The highest BCUT2D eigenvalue weighted by molar-refractivity contribution is 9.10. The van der Waals surface area contributed by atoms with Crippen LogP contribution in [-0.4, -0.2) is 15.5 Å². The molecule has 0 saturated heterocycles. The van der Waals surface area contributed by atoms with Crippen molar-refractivity contribution in [3.05, 3.63) is 58.3 Å². The minimum absolute atomic E-state index is 0.243. The van der Waals surface area contributed by atoms with E-state index in [-0.39, 0.29) is 5.91 Å². The van der Waals surface area contributed by atoms with Crippen LogP contribution in [0.1, 0.15) is 15.9 Å². The van der Waals surface area contributed by atoms with Crippen molar-refractivity contribution in [2.45, 2.75) is 6.92 Å². The molecule has 0 unspecified atom stereocenters. The maximum atomic E-state index is 12.4. The highest BCUT2D eigenvalue weighted by atomic mass is 79.9. The molecule has 6 heteroatoms. The number of aryl methyl sites for hydroxylation is 1. The predicted molar refractivity (Wildman–Crippen MR) is 86.4 cm³/mol. The van der Waals surface area contributed by atoms with E-state index in [0.717, 1.165) is 15.6 Å². The van der Waals surface area contributed by atoms with E-state index in [9.17, 15) is 4.79 Å². The molecule has 106 valence electrons. The first-order valence-electron chi connectivity index (χ1n) is 6.35. The molecule has 3 N–H and O–H groups in total. The Morgan fingerprint density at radius 1 is 1.38 bits per heavy atom. The zero-order valence-electron chi connectivity index (χ0n) is 11.3. The predicted octanol–water partition coefficient (Wildman–Crippen LogP) is 3.24. The third-order valence-electron chi connectivity index (χ3n) is 3.17. The summed E-state index contributed by atoms with van der Waals surface area (Å²) in [7, 11) is 0. The SMILES string of the molecule is Cc1cc(N)c(NC(=O)c2cnn3ccccc23)c(Br)c1. The molecule has 0 saturated carbocycles. The Labute approximate surface area is 129 Å². The number of aromatic nitrogens is 2. The molecule has 5 nitrogen and oxygen atoms in total. The van der Waals surface area contributed by atoms with Gasteiger partial charge >= 0.3 is 0 Å². The molecule has 3 rings (SSSR count). The van der Waals surface area contributed by atoms with E-state index in [2.05, 4.69) is 26.3 Å². The zero-order chi connectivity index (χ0) is 15.0. The van der Waals surface area contributed by atoms with Gasteiger partial charge in [-0.25, -0.2) is 4.52 Å². The van der Waals surface area contributed by atoms with Gasteiger partial charge in [-0.3, -0.25) is 4.79 Å². The lowest BCUT2D eigenvalue weighted by molar-refractivity contribution is 0.102. The number of benzene rings is 1. The Kier molecular flexibility index (Phi) is 3.39. The summed E-state index contributed by atoms with van der Waals surface area (Å²) in [6, 6.07) is 9.29. The molecule has 0 bridgehead atoms. The highest BCUT2D eigenvalue weighted by Crippen LogP contribution is 2.30. The van der Waals surface area contributed by atoms with Crippen LogP contribution in [0.25, 0.3) is 5.52 Å². The lowest BCUT2D eigenvalue weighted by Gasteiger charge is -2.11. The van der Waals surface area contributed by atoms with Crippen LogP contribution in [0.2, 0.25) is 0 Å². The van der Waals surface area contributed by atoms with E-state index >= 15 is 0 Å². The first kappa shape index (κ1) is 13.6. The van der Waals surface area contributed by atoms with Gasteiger partial charge in [0.15, 0.2) is 0 Å². The number of nitrogen functional groups attached to an aromatic ring is 1. The lowest BCUT2D eigenvalue weighted by Crippen LogP contribution is -2.13. The summed E-state index contributed by atoms with van der Waals surface area (Å²) < 4.78 is 2.41. The number of pyridine rings is 1. The van der Waals surface area contributed by atoms with Gasteiger partial charge in [-0.15, -0.1) is 0 Å². The number of carbonyl (C=O) groups excluding carboxylic acids is 1. The van der Waals surface area contributed by atoms with E-state index in [4.69, 9.17) is 5.73 Å². The molecule has 0 aliphatic carbocycles. The monoisotopic (exact) mass is 344 g/mol. The molecule has 0 fully saturated rings.